The molecule has 0 saturated heterocycles. The van der Waals surface area contributed by atoms with Gasteiger partial charge in [-0.25, -0.2) is 13.4 Å². The number of aryl methyl sites for hydroxylation is 1. The smallest absolute Gasteiger partial charge is 0.251 e. The molecule has 8 nitrogen and oxygen atoms in total. The number of hydrogen-bond acceptors (Lipinski definition) is 5. The first-order chi connectivity index (χ1) is 15.8. The van der Waals surface area contributed by atoms with Crippen molar-refractivity contribution in [1.82, 2.24) is 14.7 Å². The molecular formula is C24H24N4O4S. The van der Waals surface area contributed by atoms with Crippen LogP contribution in [-0.2, 0) is 23.2 Å². The Hall–Kier alpha value is -3.85. The van der Waals surface area contributed by atoms with Crippen molar-refractivity contribution in [3.63, 3.8) is 0 Å². The molecule has 0 aliphatic rings. The van der Waals surface area contributed by atoms with E-state index in [4.69, 9.17) is 4.74 Å². The predicted octanol–water partition coefficient (Wildman–Crippen LogP) is 3.52. The van der Waals surface area contributed by atoms with Crippen molar-refractivity contribution in [3.8, 4) is 5.75 Å². The van der Waals surface area contributed by atoms with Crippen LogP contribution in [0.25, 0.3) is 5.65 Å². The molecule has 4 rings (SSSR count). The van der Waals surface area contributed by atoms with Gasteiger partial charge in [-0.3, -0.25) is 9.52 Å². The number of carbonyl (C=O) groups excluding carboxylic acids is 1. The fraction of sp³-hybridized carbons (Fsp3) is 0.167. The maximum atomic E-state index is 12.5. The van der Waals surface area contributed by atoms with Crippen molar-refractivity contribution >= 4 is 27.3 Å². The van der Waals surface area contributed by atoms with Crippen LogP contribution in [0.5, 0.6) is 5.75 Å². The molecule has 0 aliphatic carbocycles. The van der Waals surface area contributed by atoms with Crippen LogP contribution in [-0.4, -0.2) is 30.0 Å². The largest absolute Gasteiger partial charge is 0.487 e. The number of aromatic nitrogens is 2. The van der Waals surface area contributed by atoms with Crippen LogP contribution in [0.15, 0.2) is 73.1 Å². The Morgan fingerprint density at radius 3 is 2.55 bits per heavy atom. The van der Waals surface area contributed by atoms with Crippen molar-refractivity contribution in [3.05, 3.63) is 95.4 Å². The van der Waals surface area contributed by atoms with Gasteiger partial charge in [0.1, 0.15) is 18.0 Å². The molecule has 0 spiro atoms. The van der Waals surface area contributed by atoms with Gasteiger partial charge in [-0.2, -0.15) is 0 Å². The standard InChI is InChI=1S/C24H24N4O4S/c1-17-6-5-13-28-15-20(26-23(17)28)16-32-21-11-9-18(10-12-21)24(29)25-14-19-7-3-4-8-22(19)27-33(2,30)31/h3-13,15,27H,14,16H2,1-2H3,(H,25,29). The van der Waals surface area contributed by atoms with E-state index in [-0.39, 0.29) is 12.5 Å². The number of carbonyl (C=O) groups is 1. The van der Waals surface area contributed by atoms with Crippen molar-refractivity contribution in [2.45, 2.75) is 20.1 Å². The average molecular weight is 465 g/mol. The van der Waals surface area contributed by atoms with Crippen molar-refractivity contribution < 1.29 is 17.9 Å². The van der Waals surface area contributed by atoms with E-state index in [1.54, 1.807) is 48.5 Å². The number of imidazole rings is 1. The SMILES string of the molecule is Cc1cccn2cc(COc3ccc(C(=O)NCc4ccccc4NS(C)(=O)=O)cc3)nc12. The molecule has 0 bridgehead atoms. The molecule has 0 radical (unpaired) electrons. The van der Waals surface area contributed by atoms with Crippen LogP contribution in [0.1, 0.15) is 27.2 Å². The van der Waals surface area contributed by atoms with Crippen LogP contribution in [0.4, 0.5) is 5.69 Å². The first-order valence-corrected chi connectivity index (χ1v) is 12.2. The fourth-order valence-electron chi connectivity index (χ4n) is 3.39. The molecule has 2 N–H and O–H groups in total. The van der Waals surface area contributed by atoms with Crippen molar-refractivity contribution in [2.24, 2.45) is 0 Å². The maximum Gasteiger partial charge on any atom is 0.251 e. The number of anilines is 1. The summed E-state index contributed by atoms with van der Waals surface area (Å²) in [6.45, 7) is 2.51. The van der Waals surface area contributed by atoms with Crippen LogP contribution in [0.2, 0.25) is 0 Å². The number of benzene rings is 2. The molecule has 2 heterocycles. The maximum absolute atomic E-state index is 12.5. The summed E-state index contributed by atoms with van der Waals surface area (Å²) in [5.41, 5.74) is 4.38. The lowest BCUT2D eigenvalue weighted by Crippen LogP contribution is -2.23. The minimum atomic E-state index is -3.41. The Bertz CT molecular complexity index is 1400. The van der Waals surface area contributed by atoms with Gasteiger partial charge in [0.25, 0.3) is 5.91 Å². The summed E-state index contributed by atoms with van der Waals surface area (Å²) in [7, 11) is -3.41. The molecule has 33 heavy (non-hydrogen) atoms. The van der Waals surface area contributed by atoms with E-state index >= 15 is 0 Å². The second kappa shape index (κ2) is 9.33. The lowest BCUT2D eigenvalue weighted by Gasteiger charge is -2.12. The Kier molecular flexibility index (Phi) is 6.32. The van der Waals surface area contributed by atoms with E-state index in [1.165, 1.54) is 0 Å². The van der Waals surface area contributed by atoms with Gasteiger partial charge in [-0.05, 0) is 54.4 Å². The summed E-state index contributed by atoms with van der Waals surface area (Å²) >= 11 is 0. The van der Waals surface area contributed by atoms with Gasteiger partial charge in [0.2, 0.25) is 10.0 Å². The molecule has 0 fully saturated rings. The summed E-state index contributed by atoms with van der Waals surface area (Å²) in [6.07, 6.45) is 4.96. The number of hydrogen-bond donors (Lipinski definition) is 2. The van der Waals surface area contributed by atoms with E-state index in [2.05, 4.69) is 15.0 Å². The Morgan fingerprint density at radius 1 is 1.06 bits per heavy atom. The molecule has 2 aromatic carbocycles. The van der Waals surface area contributed by atoms with Gasteiger partial charge in [-0.1, -0.05) is 24.3 Å². The van der Waals surface area contributed by atoms with Crippen LogP contribution >= 0.6 is 0 Å². The zero-order valence-electron chi connectivity index (χ0n) is 18.3. The minimum absolute atomic E-state index is 0.184. The molecule has 170 valence electrons. The quantitative estimate of drug-likeness (QED) is 0.415. The Labute approximate surface area is 192 Å². The molecular weight excluding hydrogens is 440 g/mol. The third kappa shape index (κ3) is 5.69. The van der Waals surface area contributed by atoms with E-state index in [0.717, 1.165) is 23.2 Å². The highest BCUT2D eigenvalue weighted by molar-refractivity contribution is 7.92. The number of pyridine rings is 1. The highest BCUT2D eigenvalue weighted by atomic mass is 32.2. The van der Waals surface area contributed by atoms with E-state index < -0.39 is 10.0 Å². The summed E-state index contributed by atoms with van der Waals surface area (Å²) in [6, 6.07) is 17.7. The first kappa shape index (κ1) is 22.3. The number of ether oxygens (including phenoxy) is 1. The Morgan fingerprint density at radius 2 is 1.82 bits per heavy atom. The second-order valence-electron chi connectivity index (χ2n) is 7.68. The zero-order chi connectivity index (χ0) is 23.4. The van der Waals surface area contributed by atoms with E-state index in [1.807, 2.05) is 35.9 Å². The molecule has 0 aliphatic heterocycles. The number of amides is 1. The third-order valence-corrected chi connectivity index (χ3v) is 5.57. The average Bonchev–Trinajstić information content (AvgIpc) is 3.21. The molecule has 9 heteroatoms. The highest BCUT2D eigenvalue weighted by Crippen LogP contribution is 2.18. The minimum Gasteiger partial charge on any atom is -0.487 e. The molecule has 2 aromatic heterocycles. The van der Waals surface area contributed by atoms with Crippen molar-refractivity contribution in [2.75, 3.05) is 11.0 Å². The van der Waals surface area contributed by atoms with Gasteiger partial charge in [-0.15, -0.1) is 0 Å². The number of fused-ring (bicyclic) bond motifs is 1. The fourth-order valence-corrected chi connectivity index (χ4v) is 3.98. The summed E-state index contributed by atoms with van der Waals surface area (Å²) in [5.74, 6) is 0.356. The molecule has 0 unspecified atom stereocenters. The Balaban J connectivity index is 1.35. The van der Waals surface area contributed by atoms with E-state index in [0.29, 0.717) is 29.2 Å². The number of rotatable bonds is 8. The van der Waals surface area contributed by atoms with Crippen LogP contribution in [0, 0.1) is 6.92 Å². The van der Waals surface area contributed by atoms with Gasteiger partial charge >= 0.3 is 0 Å². The van der Waals surface area contributed by atoms with Gasteiger partial charge in [0.15, 0.2) is 0 Å². The molecule has 1 amide bonds. The molecule has 0 saturated carbocycles. The number of para-hydroxylation sites is 1. The molecule has 4 aromatic rings. The summed E-state index contributed by atoms with van der Waals surface area (Å²) in [5, 5.41) is 2.81. The highest BCUT2D eigenvalue weighted by Gasteiger charge is 2.10. The summed E-state index contributed by atoms with van der Waals surface area (Å²) in [4.78, 5) is 17.1. The lowest BCUT2D eigenvalue weighted by atomic mass is 10.1. The van der Waals surface area contributed by atoms with Gasteiger partial charge in [0, 0.05) is 24.5 Å². The number of nitrogens with one attached hydrogen (secondary N) is 2. The zero-order valence-corrected chi connectivity index (χ0v) is 19.1. The van der Waals surface area contributed by atoms with Crippen molar-refractivity contribution in [1.29, 1.82) is 0 Å². The normalized spacial score (nSPS) is 11.3. The topological polar surface area (TPSA) is 102 Å². The number of sulfonamides is 1. The molecule has 0 atom stereocenters. The van der Waals surface area contributed by atoms with Gasteiger partial charge < -0.3 is 14.5 Å². The lowest BCUT2D eigenvalue weighted by molar-refractivity contribution is 0.0951. The van der Waals surface area contributed by atoms with E-state index in [9.17, 15) is 13.2 Å². The monoisotopic (exact) mass is 464 g/mol. The summed E-state index contributed by atoms with van der Waals surface area (Å²) < 4.78 is 33.3. The third-order valence-electron chi connectivity index (χ3n) is 4.98. The van der Waals surface area contributed by atoms with Crippen LogP contribution < -0.4 is 14.8 Å². The predicted molar refractivity (Wildman–Crippen MR) is 127 cm³/mol. The van der Waals surface area contributed by atoms with Gasteiger partial charge in [0.05, 0.1) is 17.6 Å². The first-order valence-electron chi connectivity index (χ1n) is 10.3. The number of nitrogens with zero attached hydrogens (tertiary/aromatic N) is 2. The second-order valence-corrected chi connectivity index (χ2v) is 9.43. The van der Waals surface area contributed by atoms with Crippen LogP contribution in [0.3, 0.4) is 0 Å².